The van der Waals surface area contributed by atoms with Crippen LogP contribution in [0.5, 0.6) is 0 Å². The van der Waals surface area contributed by atoms with Gasteiger partial charge in [0.15, 0.2) is 0 Å². The summed E-state index contributed by atoms with van der Waals surface area (Å²) in [5.74, 6) is 1.79. The Morgan fingerprint density at radius 1 is 0.518 bits per heavy atom. The molecule has 0 radical (unpaired) electrons. The van der Waals surface area contributed by atoms with E-state index in [4.69, 9.17) is 0 Å². The van der Waals surface area contributed by atoms with Crippen LogP contribution < -0.4 is 9.80 Å². The lowest BCUT2D eigenvalue weighted by Crippen LogP contribution is -2.40. The zero-order chi connectivity index (χ0) is 37.0. The molecule has 56 heavy (non-hydrogen) atoms. The Labute approximate surface area is 332 Å². The van der Waals surface area contributed by atoms with Crippen LogP contribution in [-0.2, 0) is 0 Å². The molecule has 0 saturated carbocycles. The van der Waals surface area contributed by atoms with Crippen molar-refractivity contribution in [3.05, 3.63) is 205 Å². The Bertz CT molecular complexity index is 2390. The second-order valence-electron chi connectivity index (χ2n) is 16.6. The highest BCUT2D eigenvalue weighted by atomic mass is 15.2. The normalized spacial score (nSPS) is 26.8. The standard InChI is InChI=1S/C54H48N2/c1-4-14-37(15-5-1)40-24-28-45(29-25-40)55-51-22-12-10-20-47(51)49-30-26-41(35-53(49)55)42-27-31-50-48-21-11-13-23-52(48)56(54(50)36-42)46-33-43(38-16-6-2-7-17-38)32-44(34-46)39-18-8-3-9-19-39/h1-4,6-11,13-14,16-21,23-34,36,41,47-49,51-53H,5,12,15,22,35H2. The summed E-state index contributed by atoms with van der Waals surface area (Å²) in [4.78, 5) is 5.48. The van der Waals surface area contributed by atoms with E-state index in [1.54, 1.807) is 0 Å². The Morgan fingerprint density at radius 2 is 1.27 bits per heavy atom. The van der Waals surface area contributed by atoms with E-state index >= 15 is 0 Å². The first-order chi connectivity index (χ1) is 27.8. The van der Waals surface area contributed by atoms with Crippen molar-refractivity contribution in [3.8, 4) is 22.3 Å². The second-order valence-corrected chi connectivity index (χ2v) is 16.6. The second kappa shape index (κ2) is 14.0. The van der Waals surface area contributed by atoms with Crippen LogP contribution >= 0.6 is 0 Å². The van der Waals surface area contributed by atoms with Crippen molar-refractivity contribution in [2.45, 2.75) is 62.1 Å². The van der Waals surface area contributed by atoms with E-state index in [-0.39, 0.29) is 6.04 Å². The number of nitrogens with zero attached hydrogens (tertiary/aromatic N) is 2. The first kappa shape index (κ1) is 33.5. The third-order valence-electron chi connectivity index (χ3n) is 13.6. The van der Waals surface area contributed by atoms with Crippen LogP contribution in [0, 0.1) is 11.8 Å². The Morgan fingerprint density at radius 3 is 2.02 bits per heavy atom. The lowest BCUT2D eigenvalue weighted by Gasteiger charge is -2.37. The van der Waals surface area contributed by atoms with E-state index in [0.717, 1.165) is 19.3 Å². The van der Waals surface area contributed by atoms with E-state index in [9.17, 15) is 0 Å². The molecule has 0 amide bonds. The molecular weight excluding hydrogens is 677 g/mol. The Hall–Kier alpha value is -5.86. The third kappa shape index (κ3) is 5.77. The predicted octanol–water partition coefficient (Wildman–Crippen LogP) is 13.4. The van der Waals surface area contributed by atoms with E-state index in [0.29, 0.717) is 35.8 Å². The number of hydrogen-bond donors (Lipinski definition) is 0. The molecule has 5 aromatic carbocycles. The fourth-order valence-corrected chi connectivity index (χ4v) is 10.9. The topological polar surface area (TPSA) is 6.48 Å². The summed E-state index contributed by atoms with van der Waals surface area (Å²) >= 11 is 0. The van der Waals surface area contributed by atoms with E-state index in [1.165, 1.54) is 74.4 Å². The number of rotatable bonds is 6. The number of benzene rings is 5. The monoisotopic (exact) mass is 724 g/mol. The average Bonchev–Trinajstić information content (AvgIpc) is 3.79. The summed E-state index contributed by atoms with van der Waals surface area (Å²) in [6.07, 6.45) is 32.0. The number of allylic oxidation sites excluding steroid dienone is 8. The van der Waals surface area contributed by atoms with Crippen LogP contribution in [0.4, 0.5) is 17.1 Å². The van der Waals surface area contributed by atoms with Gasteiger partial charge in [-0.05, 0) is 113 Å². The lowest BCUT2D eigenvalue weighted by atomic mass is 9.75. The van der Waals surface area contributed by atoms with Crippen LogP contribution in [0.25, 0.3) is 27.8 Å². The molecule has 0 spiro atoms. The highest BCUT2D eigenvalue weighted by Crippen LogP contribution is 2.53. The fourth-order valence-electron chi connectivity index (χ4n) is 10.9. The molecule has 1 saturated heterocycles. The van der Waals surface area contributed by atoms with Gasteiger partial charge in [0.25, 0.3) is 0 Å². The molecule has 7 atom stereocenters. The summed E-state index contributed by atoms with van der Waals surface area (Å²) in [5.41, 5.74) is 14.6. The maximum Gasteiger partial charge on any atom is 0.0629 e. The van der Waals surface area contributed by atoms with E-state index in [2.05, 4.69) is 198 Å². The predicted molar refractivity (Wildman–Crippen MR) is 235 cm³/mol. The van der Waals surface area contributed by atoms with Gasteiger partial charge in [-0.2, -0.15) is 0 Å². The zero-order valence-electron chi connectivity index (χ0n) is 31.9. The SMILES string of the molecule is C1=CCCC(c2ccc(N3C4CCC=CC4C4C=CC(c5ccc6c(c5)N(c5cc(-c7ccccc7)cc(-c7ccccc7)c5)C5C=CC=CC65)CC43)cc2)=C1. The molecular formula is C54H48N2. The maximum absolute atomic E-state index is 2.85. The number of hydrogen-bond acceptors (Lipinski definition) is 2. The minimum absolute atomic E-state index is 0.231. The molecule has 2 aliphatic heterocycles. The molecule has 7 unspecified atom stereocenters. The van der Waals surface area contributed by atoms with E-state index < -0.39 is 0 Å². The molecule has 6 aliphatic rings. The zero-order valence-corrected chi connectivity index (χ0v) is 31.9. The molecule has 0 aromatic heterocycles. The van der Waals surface area contributed by atoms with Crippen molar-refractivity contribution in [1.29, 1.82) is 0 Å². The van der Waals surface area contributed by atoms with E-state index in [1.807, 2.05) is 0 Å². The van der Waals surface area contributed by atoms with Gasteiger partial charge in [-0.15, -0.1) is 0 Å². The lowest BCUT2D eigenvalue weighted by molar-refractivity contribution is 0.423. The van der Waals surface area contributed by atoms with Crippen LogP contribution in [0.1, 0.15) is 60.6 Å². The summed E-state index contributed by atoms with van der Waals surface area (Å²) in [6, 6.07) is 47.2. The maximum atomic E-state index is 2.85. The summed E-state index contributed by atoms with van der Waals surface area (Å²) < 4.78 is 0. The van der Waals surface area contributed by atoms with Gasteiger partial charge < -0.3 is 9.80 Å². The molecule has 2 nitrogen and oxygen atoms in total. The molecule has 0 bridgehead atoms. The molecule has 2 heteroatoms. The van der Waals surface area contributed by atoms with Crippen molar-refractivity contribution in [1.82, 2.24) is 0 Å². The van der Waals surface area contributed by atoms with Crippen LogP contribution in [0.15, 0.2) is 188 Å². The van der Waals surface area contributed by atoms with Gasteiger partial charge >= 0.3 is 0 Å². The molecule has 11 rings (SSSR count). The summed E-state index contributed by atoms with van der Waals surface area (Å²) in [5, 5.41) is 0. The molecule has 4 aliphatic carbocycles. The number of anilines is 3. The largest absolute Gasteiger partial charge is 0.364 e. The van der Waals surface area contributed by atoms with Gasteiger partial charge in [-0.25, -0.2) is 0 Å². The van der Waals surface area contributed by atoms with Gasteiger partial charge in [-0.1, -0.05) is 152 Å². The molecule has 2 heterocycles. The van der Waals surface area contributed by atoms with Gasteiger partial charge in [0.05, 0.1) is 6.04 Å². The van der Waals surface area contributed by atoms with Crippen molar-refractivity contribution < 1.29 is 0 Å². The molecule has 274 valence electrons. The van der Waals surface area contributed by atoms with Gasteiger partial charge in [-0.3, -0.25) is 0 Å². The average molecular weight is 725 g/mol. The minimum atomic E-state index is 0.231. The van der Waals surface area contributed by atoms with Crippen LogP contribution in [-0.4, -0.2) is 18.1 Å². The fraction of sp³-hybridized carbons (Fsp3) is 0.222. The quantitative estimate of drug-likeness (QED) is 0.161. The van der Waals surface area contributed by atoms with Gasteiger partial charge in [0.1, 0.15) is 0 Å². The molecule has 0 N–H and O–H groups in total. The van der Waals surface area contributed by atoms with Crippen LogP contribution in [0.2, 0.25) is 0 Å². The first-order valence-electron chi connectivity index (χ1n) is 20.9. The van der Waals surface area contributed by atoms with Crippen LogP contribution in [0.3, 0.4) is 0 Å². The smallest absolute Gasteiger partial charge is 0.0629 e. The Kier molecular flexibility index (Phi) is 8.38. The van der Waals surface area contributed by atoms with Gasteiger partial charge in [0.2, 0.25) is 0 Å². The van der Waals surface area contributed by atoms with Gasteiger partial charge in [0, 0.05) is 52.8 Å². The minimum Gasteiger partial charge on any atom is -0.364 e. The highest BCUT2D eigenvalue weighted by Gasteiger charge is 2.49. The van der Waals surface area contributed by atoms with Crippen molar-refractivity contribution >= 4 is 22.6 Å². The summed E-state index contributed by atoms with van der Waals surface area (Å²) in [7, 11) is 0. The molecule has 5 aromatic rings. The van der Waals surface area contributed by atoms with Crippen molar-refractivity contribution in [2.75, 3.05) is 9.80 Å². The van der Waals surface area contributed by atoms with Crippen molar-refractivity contribution in [3.63, 3.8) is 0 Å². The third-order valence-corrected chi connectivity index (χ3v) is 13.6. The summed E-state index contributed by atoms with van der Waals surface area (Å²) in [6.45, 7) is 0. The Balaban J connectivity index is 0.968. The highest BCUT2D eigenvalue weighted by molar-refractivity contribution is 5.84. The number of fused-ring (bicyclic) bond motifs is 6. The van der Waals surface area contributed by atoms with Crippen molar-refractivity contribution in [2.24, 2.45) is 11.8 Å². The molecule has 1 fully saturated rings. The first-order valence-corrected chi connectivity index (χ1v) is 20.9.